The van der Waals surface area contributed by atoms with Crippen molar-refractivity contribution in [2.24, 2.45) is 4.99 Å². The van der Waals surface area contributed by atoms with Gasteiger partial charge in [-0.1, -0.05) is 30.3 Å². The number of hydrogen-bond acceptors (Lipinski definition) is 3. The molecule has 0 aromatic heterocycles. The molecule has 16 heavy (non-hydrogen) atoms. The van der Waals surface area contributed by atoms with E-state index >= 15 is 0 Å². The van der Waals surface area contributed by atoms with Gasteiger partial charge in [0.15, 0.2) is 0 Å². The lowest BCUT2D eigenvalue weighted by Gasteiger charge is -2.01. The highest BCUT2D eigenvalue weighted by atomic mass is 32.2. The van der Waals surface area contributed by atoms with Crippen molar-refractivity contribution in [1.29, 1.82) is 0 Å². The first kappa shape index (κ1) is 13.2. The first-order valence-electron chi connectivity index (χ1n) is 5.25. The molecule has 1 aromatic rings. The summed E-state index contributed by atoms with van der Waals surface area (Å²) in [5, 5.41) is 2.33. The summed E-state index contributed by atoms with van der Waals surface area (Å²) >= 11 is 4.46. The van der Waals surface area contributed by atoms with Gasteiger partial charge >= 0.3 is 0 Å². The number of isothiocyanates is 1. The van der Waals surface area contributed by atoms with Crippen molar-refractivity contribution in [2.45, 2.75) is 18.6 Å². The smallest absolute Gasteiger partial charge is 0.0584 e. The van der Waals surface area contributed by atoms with Crippen molar-refractivity contribution in [3.05, 3.63) is 35.9 Å². The first-order valence-corrected chi connectivity index (χ1v) is 7.15. The van der Waals surface area contributed by atoms with Gasteiger partial charge in [0.1, 0.15) is 0 Å². The van der Waals surface area contributed by atoms with Gasteiger partial charge in [-0.2, -0.15) is 0 Å². The molecular weight excluding hydrogens is 238 g/mol. The van der Waals surface area contributed by atoms with E-state index in [1.54, 1.807) is 0 Å². The number of nitrogens with zero attached hydrogens (tertiary/aromatic N) is 1. The molecule has 86 valence electrons. The lowest BCUT2D eigenvalue weighted by molar-refractivity contribution is 0.677. The molecule has 0 saturated carbocycles. The Bertz CT molecular complexity index is 372. The molecule has 4 heteroatoms. The maximum atomic E-state index is 11.7. The Balaban J connectivity index is 2.19. The second kappa shape index (κ2) is 8.34. The van der Waals surface area contributed by atoms with Gasteiger partial charge in [0.05, 0.1) is 5.16 Å². The maximum absolute atomic E-state index is 11.7. The van der Waals surface area contributed by atoms with Crippen LogP contribution in [0.4, 0.5) is 0 Å². The number of benzene rings is 1. The quantitative estimate of drug-likeness (QED) is 0.425. The summed E-state index contributed by atoms with van der Waals surface area (Å²) in [6, 6.07) is 9.93. The molecule has 0 saturated heterocycles. The summed E-state index contributed by atoms with van der Waals surface area (Å²) in [7, 11) is -0.765. The fraction of sp³-hybridized carbons (Fsp3) is 0.417. The van der Waals surface area contributed by atoms with E-state index in [1.165, 1.54) is 0 Å². The minimum Gasteiger partial charge on any atom is -0.259 e. The van der Waals surface area contributed by atoms with E-state index in [2.05, 4.69) is 22.4 Å². The van der Waals surface area contributed by atoms with Crippen LogP contribution in [0.1, 0.15) is 18.4 Å². The second-order valence-corrected chi connectivity index (χ2v) is 5.21. The van der Waals surface area contributed by atoms with E-state index in [9.17, 15) is 4.21 Å². The molecule has 1 rings (SSSR count). The third-order valence-corrected chi connectivity index (χ3v) is 3.66. The average Bonchev–Trinajstić information content (AvgIpc) is 2.30. The molecule has 0 N–H and O–H groups in total. The lowest BCUT2D eigenvalue weighted by Crippen LogP contribution is -2.01. The Hall–Kier alpha value is -0.830. The van der Waals surface area contributed by atoms with Crippen LogP contribution in [0.2, 0.25) is 0 Å². The fourth-order valence-electron chi connectivity index (χ4n) is 1.33. The van der Waals surface area contributed by atoms with Crippen LogP contribution in [0.3, 0.4) is 0 Å². The van der Waals surface area contributed by atoms with E-state index in [4.69, 9.17) is 0 Å². The van der Waals surface area contributed by atoms with E-state index in [0.717, 1.165) is 24.2 Å². The van der Waals surface area contributed by atoms with Gasteiger partial charge in [0.25, 0.3) is 0 Å². The van der Waals surface area contributed by atoms with Crippen molar-refractivity contribution in [3.8, 4) is 0 Å². The van der Waals surface area contributed by atoms with Crippen molar-refractivity contribution in [1.82, 2.24) is 0 Å². The summed E-state index contributed by atoms with van der Waals surface area (Å²) < 4.78 is 11.7. The predicted octanol–water partition coefficient (Wildman–Crippen LogP) is 2.82. The summed E-state index contributed by atoms with van der Waals surface area (Å²) in [5.74, 6) is 1.39. The Labute approximate surface area is 104 Å². The Morgan fingerprint density at radius 1 is 1.25 bits per heavy atom. The first-order chi connectivity index (χ1) is 7.83. The molecule has 0 unspecified atom stereocenters. The third-order valence-electron chi connectivity index (χ3n) is 2.13. The zero-order valence-electron chi connectivity index (χ0n) is 9.09. The zero-order chi connectivity index (χ0) is 11.6. The Morgan fingerprint density at radius 3 is 2.69 bits per heavy atom. The summed E-state index contributed by atoms with van der Waals surface area (Å²) in [4.78, 5) is 3.82. The predicted molar refractivity (Wildman–Crippen MR) is 72.3 cm³/mol. The molecule has 0 aliphatic carbocycles. The molecule has 0 bridgehead atoms. The lowest BCUT2D eigenvalue weighted by atomic mass is 10.2. The number of rotatable bonds is 7. The second-order valence-electron chi connectivity index (χ2n) is 3.45. The monoisotopic (exact) mass is 253 g/mol. The van der Waals surface area contributed by atoms with E-state index in [-0.39, 0.29) is 0 Å². The standard InChI is InChI=1S/C12H15NOS2/c14-16(9-5-4-8-13-11-15)10-12-6-2-1-3-7-12/h1-3,6-7H,4-5,8-10H2/t16-/m0/s1. The topological polar surface area (TPSA) is 29.4 Å². The van der Waals surface area contributed by atoms with Crippen molar-refractivity contribution in [3.63, 3.8) is 0 Å². The molecule has 0 aliphatic heterocycles. The number of thiocarbonyl (C=S) groups is 1. The minimum atomic E-state index is -0.765. The normalized spacial score (nSPS) is 11.8. The van der Waals surface area contributed by atoms with Crippen LogP contribution < -0.4 is 0 Å². The highest BCUT2D eigenvalue weighted by molar-refractivity contribution is 7.84. The Morgan fingerprint density at radius 2 is 2.00 bits per heavy atom. The number of aliphatic imine (C=N–C) groups is 1. The highest BCUT2D eigenvalue weighted by Crippen LogP contribution is 2.04. The van der Waals surface area contributed by atoms with E-state index < -0.39 is 10.8 Å². The van der Waals surface area contributed by atoms with Crippen molar-refractivity contribution in [2.75, 3.05) is 12.3 Å². The van der Waals surface area contributed by atoms with Gasteiger partial charge < -0.3 is 0 Å². The number of unbranched alkanes of at least 4 members (excludes halogenated alkanes) is 1. The molecule has 1 aromatic carbocycles. The highest BCUT2D eigenvalue weighted by Gasteiger charge is 2.00. The molecule has 0 aliphatic rings. The molecule has 0 heterocycles. The van der Waals surface area contributed by atoms with Crippen molar-refractivity contribution < 1.29 is 4.21 Å². The van der Waals surface area contributed by atoms with Crippen LogP contribution in [-0.4, -0.2) is 21.7 Å². The molecule has 2 nitrogen and oxygen atoms in total. The van der Waals surface area contributed by atoms with Crippen molar-refractivity contribution >= 4 is 28.2 Å². The summed E-state index contributed by atoms with van der Waals surface area (Å²) in [6.45, 7) is 0.700. The van der Waals surface area contributed by atoms with Crippen LogP contribution in [0.25, 0.3) is 0 Å². The van der Waals surface area contributed by atoms with Crippen LogP contribution >= 0.6 is 12.2 Å². The molecular formula is C12H15NOS2. The van der Waals surface area contributed by atoms with Gasteiger partial charge in [-0.05, 0) is 30.6 Å². The Kier molecular flexibility index (Phi) is 6.90. The molecule has 0 spiro atoms. The van der Waals surface area contributed by atoms with Crippen LogP contribution in [0.15, 0.2) is 35.3 Å². The van der Waals surface area contributed by atoms with E-state index in [1.807, 2.05) is 30.3 Å². The van der Waals surface area contributed by atoms with Gasteiger partial charge in [0.2, 0.25) is 0 Å². The molecule has 1 atom stereocenters. The zero-order valence-corrected chi connectivity index (χ0v) is 10.7. The van der Waals surface area contributed by atoms with Crippen LogP contribution in [-0.2, 0) is 16.6 Å². The molecule has 0 fully saturated rings. The molecule has 0 radical (unpaired) electrons. The van der Waals surface area contributed by atoms with Crippen LogP contribution in [0.5, 0.6) is 0 Å². The maximum Gasteiger partial charge on any atom is 0.0584 e. The van der Waals surface area contributed by atoms with Gasteiger partial charge in [-0.3, -0.25) is 4.21 Å². The summed E-state index contributed by atoms with van der Waals surface area (Å²) in [6.07, 6.45) is 1.87. The largest absolute Gasteiger partial charge is 0.259 e. The minimum absolute atomic E-state index is 0.650. The third kappa shape index (κ3) is 5.91. The van der Waals surface area contributed by atoms with Gasteiger partial charge in [0, 0.05) is 28.9 Å². The van der Waals surface area contributed by atoms with E-state index in [0.29, 0.717) is 12.3 Å². The SMILES string of the molecule is O=[S@@](CCCCN=C=S)Cc1ccccc1. The molecule has 0 amide bonds. The number of hydrogen-bond donors (Lipinski definition) is 0. The fourth-order valence-corrected chi connectivity index (χ4v) is 2.66. The van der Waals surface area contributed by atoms with Crippen LogP contribution in [0, 0.1) is 0 Å². The average molecular weight is 253 g/mol. The summed E-state index contributed by atoms with van der Waals surface area (Å²) in [5.41, 5.74) is 1.14. The van der Waals surface area contributed by atoms with Gasteiger partial charge in [-0.25, -0.2) is 4.99 Å². The van der Waals surface area contributed by atoms with Gasteiger partial charge in [-0.15, -0.1) is 0 Å².